The number of rotatable bonds is 3. The van der Waals surface area contributed by atoms with Crippen LogP contribution in [0.1, 0.15) is 12.8 Å². The molecule has 0 unspecified atom stereocenters. The second-order valence-electron chi connectivity index (χ2n) is 8.23. The summed E-state index contributed by atoms with van der Waals surface area (Å²) < 4.78 is 1.90. The molecule has 152 valence electrons. The standard InChI is InChI=1S/C19H30N8O/c1-23(2)16-5-4-15(12-24(3)13-16)18(28)26-10-8-25(9-11-26)17-6-7-20-19-22-21-14-27(17)19/h6-7,14-16H,4-5,8-13H2,1-3H3/t15-,16+/m1/s1. The van der Waals surface area contributed by atoms with Gasteiger partial charge in [-0.2, -0.15) is 0 Å². The van der Waals surface area contributed by atoms with Gasteiger partial charge in [0, 0.05) is 51.5 Å². The Morgan fingerprint density at radius 2 is 1.93 bits per heavy atom. The first-order valence-electron chi connectivity index (χ1n) is 10.1. The summed E-state index contributed by atoms with van der Waals surface area (Å²) in [5.41, 5.74) is 0. The van der Waals surface area contributed by atoms with Crippen LogP contribution in [0.4, 0.5) is 5.82 Å². The predicted molar refractivity (Wildman–Crippen MR) is 107 cm³/mol. The molecule has 2 saturated heterocycles. The van der Waals surface area contributed by atoms with Crippen molar-refractivity contribution >= 4 is 17.5 Å². The minimum atomic E-state index is 0.104. The molecule has 2 aliphatic heterocycles. The van der Waals surface area contributed by atoms with Crippen LogP contribution in [0.2, 0.25) is 0 Å². The van der Waals surface area contributed by atoms with Crippen molar-refractivity contribution < 1.29 is 4.79 Å². The van der Waals surface area contributed by atoms with Gasteiger partial charge in [-0.25, -0.2) is 4.98 Å². The van der Waals surface area contributed by atoms with Gasteiger partial charge in [0.2, 0.25) is 5.91 Å². The zero-order valence-electron chi connectivity index (χ0n) is 17.0. The molecule has 2 aromatic heterocycles. The average Bonchev–Trinajstić information content (AvgIpc) is 3.09. The third-order valence-corrected chi connectivity index (χ3v) is 6.09. The van der Waals surface area contributed by atoms with E-state index in [1.807, 2.05) is 10.5 Å². The van der Waals surface area contributed by atoms with E-state index < -0.39 is 0 Å². The van der Waals surface area contributed by atoms with Gasteiger partial charge in [0.25, 0.3) is 5.78 Å². The van der Waals surface area contributed by atoms with Crippen molar-refractivity contribution in [2.45, 2.75) is 18.9 Å². The Bertz CT molecular complexity index is 813. The van der Waals surface area contributed by atoms with Crippen LogP contribution in [0.15, 0.2) is 18.6 Å². The predicted octanol–water partition coefficient (Wildman–Crippen LogP) is 0.0449. The molecule has 0 saturated carbocycles. The molecule has 2 aromatic rings. The number of fused-ring (bicyclic) bond motifs is 1. The zero-order valence-corrected chi connectivity index (χ0v) is 17.0. The first kappa shape index (κ1) is 19.1. The highest BCUT2D eigenvalue weighted by Crippen LogP contribution is 2.22. The number of likely N-dealkylation sites (N-methyl/N-ethyl adjacent to an activating group) is 2. The lowest BCUT2D eigenvalue weighted by Gasteiger charge is -2.37. The number of likely N-dealkylation sites (tertiary alicyclic amines) is 1. The number of nitrogens with zero attached hydrogens (tertiary/aromatic N) is 8. The second kappa shape index (κ2) is 8.00. The van der Waals surface area contributed by atoms with Gasteiger partial charge in [-0.05, 0) is 40.1 Å². The molecule has 2 fully saturated rings. The molecule has 0 spiro atoms. The maximum Gasteiger partial charge on any atom is 0.256 e. The van der Waals surface area contributed by atoms with Gasteiger partial charge in [-0.1, -0.05) is 0 Å². The van der Waals surface area contributed by atoms with Crippen molar-refractivity contribution in [3.8, 4) is 0 Å². The number of anilines is 1. The van der Waals surface area contributed by atoms with Crippen molar-refractivity contribution in [1.29, 1.82) is 0 Å². The van der Waals surface area contributed by atoms with Crippen molar-refractivity contribution in [1.82, 2.24) is 34.3 Å². The summed E-state index contributed by atoms with van der Waals surface area (Å²) in [4.78, 5) is 26.3. The normalized spacial score (nSPS) is 24.7. The third-order valence-electron chi connectivity index (χ3n) is 6.09. The maximum absolute atomic E-state index is 13.2. The highest BCUT2D eigenvalue weighted by Gasteiger charge is 2.32. The molecular formula is C19H30N8O. The highest BCUT2D eigenvalue weighted by molar-refractivity contribution is 5.79. The van der Waals surface area contributed by atoms with Gasteiger partial charge in [-0.15, -0.1) is 10.2 Å². The van der Waals surface area contributed by atoms with Gasteiger partial charge in [-0.3, -0.25) is 9.20 Å². The van der Waals surface area contributed by atoms with Crippen molar-refractivity contribution in [3.05, 3.63) is 18.6 Å². The number of hydrogen-bond acceptors (Lipinski definition) is 7. The Kier molecular flexibility index (Phi) is 5.45. The highest BCUT2D eigenvalue weighted by atomic mass is 16.2. The Balaban J connectivity index is 1.38. The van der Waals surface area contributed by atoms with E-state index >= 15 is 0 Å². The van der Waals surface area contributed by atoms with Crippen molar-refractivity contribution in [3.63, 3.8) is 0 Å². The van der Waals surface area contributed by atoms with E-state index in [1.165, 1.54) is 0 Å². The van der Waals surface area contributed by atoms with E-state index in [1.54, 1.807) is 12.5 Å². The molecule has 0 N–H and O–H groups in total. The maximum atomic E-state index is 13.2. The summed E-state index contributed by atoms with van der Waals surface area (Å²) in [5.74, 6) is 2.06. The van der Waals surface area contributed by atoms with Crippen LogP contribution in [0.5, 0.6) is 0 Å². The van der Waals surface area contributed by atoms with E-state index in [-0.39, 0.29) is 5.92 Å². The topological polar surface area (TPSA) is 73.1 Å². The van der Waals surface area contributed by atoms with Crippen LogP contribution < -0.4 is 4.90 Å². The number of hydrogen-bond donors (Lipinski definition) is 0. The lowest BCUT2D eigenvalue weighted by molar-refractivity contribution is -0.136. The molecule has 0 radical (unpaired) electrons. The van der Waals surface area contributed by atoms with E-state index in [2.05, 4.69) is 55.9 Å². The smallest absolute Gasteiger partial charge is 0.256 e. The monoisotopic (exact) mass is 386 g/mol. The van der Waals surface area contributed by atoms with Crippen LogP contribution in [0, 0.1) is 5.92 Å². The Labute approximate surface area is 165 Å². The second-order valence-corrected chi connectivity index (χ2v) is 8.23. The fraction of sp³-hybridized carbons (Fsp3) is 0.684. The van der Waals surface area contributed by atoms with E-state index in [9.17, 15) is 4.79 Å². The lowest BCUT2D eigenvalue weighted by Crippen LogP contribution is -2.51. The van der Waals surface area contributed by atoms with E-state index in [0.717, 1.165) is 57.9 Å². The fourth-order valence-electron chi connectivity index (χ4n) is 4.41. The van der Waals surface area contributed by atoms with Crippen LogP contribution in [0.3, 0.4) is 0 Å². The molecule has 0 aromatic carbocycles. The fourth-order valence-corrected chi connectivity index (χ4v) is 4.41. The molecule has 0 bridgehead atoms. The number of carbonyl (C=O) groups is 1. The number of amides is 1. The molecular weight excluding hydrogens is 356 g/mol. The molecule has 0 aliphatic carbocycles. The van der Waals surface area contributed by atoms with Crippen molar-refractivity contribution in [2.24, 2.45) is 5.92 Å². The molecule has 2 atom stereocenters. The first-order chi connectivity index (χ1) is 13.5. The average molecular weight is 387 g/mol. The molecule has 4 rings (SSSR count). The van der Waals surface area contributed by atoms with Crippen LogP contribution >= 0.6 is 0 Å². The van der Waals surface area contributed by atoms with Crippen LogP contribution in [-0.4, -0.2) is 107 Å². The Morgan fingerprint density at radius 3 is 2.68 bits per heavy atom. The third kappa shape index (κ3) is 3.81. The number of aromatic nitrogens is 4. The molecule has 1 amide bonds. The molecule has 28 heavy (non-hydrogen) atoms. The largest absolute Gasteiger partial charge is 0.354 e. The van der Waals surface area contributed by atoms with Gasteiger partial charge >= 0.3 is 0 Å². The zero-order chi connectivity index (χ0) is 19.7. The Hall–Kier alpha value is -2.26. The summed E-state index contributed by atoms with van der Waals surface area (Å²) >= 11 is 0. The van der Waals surface area contributed by atoms with Gasteiger partial charge in [0.05, 0.1) is 5.92 Å². The Morgan fingerprint density at radius 1 is 1.14 bits per heavy atom. The first-order valence-corrected chi connectivity index (χ1v) is 10.1. The van der Waals surface area contributed by atoms with Gasteiger partial charge in [0.15, 0.2) is 0 Å². The number of carbonyl (C=O) groups excluding carboxylic acids is 1. The minimum absolute atomic E-state index is 0.104. The molecule has 9 heteroatoms. The molecule has 4 heterocycles. The summed E-state index contributed by atoms with van der Waals surface area (Å²) in [6.07, 6.45) is 5.51. The summed E-state index contributed by atoms with van der Waals surface area (Å²) in [7, 11) is 6.39. The SMILES string of the molecule is CN1C[C@H](C(=O)N2CCN(c3ccnc4nncn34)CC2)CC[C@H](N(C)C)C1. The summed E-state index contributed by atoms with van der Waals surface area (Å²) in [6.45, 7) is 5.01. The van der Waals surface area contributed by atoms with E-state index in [0.29, 0.717) is 17.7 Å². The quantitative estimate of drug-likeness (QED) is 0.738. The number of piperazine rings is 1. The lowest BCUT2D eigenvalue weighted by atomic mass is 9.99. The van der Waals surface area contributed by atoms with Crippen LogP contribution in [-0.2, 0) is 4.79 Å². The minimum Gasteiger partial charge on any atom is -0.354 e. The molecule has 2 aliphatic rings. The molecule has 9 nitrogen and oxygen atoms in total. The van der Waals surface area contributed by atoms with E-state index in [4.69, 9.17) is 0 Å². The summed E-state index contributed by atoms with van der Waals surface area (Å²) in [6, 6.07) is 2.51. The summed E-state index contributed by atoms with van der Waals surface area (Å²) in [5, 5.41) is 7.96. The van der Waals surface area contributed by atoms with Crippen LogP contribution in [0.25, 0.3) is 5.78 Å². The van der Waals surface area contributed by atoms with Gasteiger partial charge in [0.1, 0.15) is 12.1 Å². The van der Waals surface area contributed by atoms with Gasteiger partial charge < -0.3 is 19.6 Å². The van der Waals surface area contributed by atoms with Crippen molar-refractivity contribution in [2.75, 3.05) is 65.3 Å².